The molecule has 0 unspecified atom stereocenters. The SMILES string of the molecule is CC(C)(C)[Si](C)(C)O[C@@H]1CCC[C@@H]2[C@@H]1C=C[C@@H](CCCCCO)[C@@]2(C)CO. The highest BCUT2D eigenvalue weighted by atomic mass is 28.4. The van der Waals surface area contributed by atoms with Crippen molar-refractivity contribution >= 4 is 8.32 Å². The number of hydrogen-bond donors (Lipinski definition) is 2. The van der Waals surface area contributed by atoms with Crippen LogP contribution in [0.2, 0.25) is 18.1 Å². The van der Waals surface area contributed by atoms with Crippen molar-refractivity contribution in [3.63, 3.8) is 0 Å². The van der Waals surface area contributed by atoms with Crippen LogP contribution in [0, 0.1) is 23.2 Å². The summed E-state index contributed by atoms with van der Waals surface area (Å²) in [4.78, 5) is 0. The van der Waals surface area contributed by atoms with Gasteiger partial charge in [0.25, 0.3) is 0 Å². The molecule has 4 heteroatoms. The van der Waals surface area contributed by atoms with Gasteiger partial charge in [-0.15, -0.1) is 0 Å². The highest BCUT2D eigenvalue weighted by molar-refractivity contribution is 6.74. The van der Waals surface area contributed by atoms with Crippen LogP contribution in [-0.4, -0.2) is 37.8 Å². The Morgan fingerprint density at radius 1 is 1.07 bits per heavy atom. The van der Waals surface area contributed by atoms with E-state index in [0.29, 0.717) is 23.9 Å². The van der Waals surface area contributed by atoms with Gasteiger partial charge in [0.15, 0.2) is 8.32 Å². The molecule has 2 N–H and O–H groups in total. The standard InChI is InChI=1S/C23H44O3Si/c1-22(2,3)27(5,6)26-21-13-10-12-20-19(21)15-14-18(23(20,4)17-25)11-8-7-9-16-24/h14-15,18-21,24-25H,7-13,16-17H2,1-6H3/t18-,19+,20-,21-,23-/m1/s1. The lowest BCUT2D eigenvalue weighted by Gasteiger charge is -2.53. The topological polar surface area (TPSA) is 49.7 Å². The predicted molar refractivity (Wildman–Crippen MR) is 116 cm³/mol. The molecule has 0 heterocycles. The zero-order valence-corrected chi connectivity index (χ0v) is 19.6. The van der Waals surface area contributed by atoms with Crippen molar-refractivity contribution in [1.82, 2.24) is 0 Å². The number of fused-ring (bicyclic) bond motifs is 1. The lowest BCUT2D eigenvalue weighted by molar-refractivity contribution is -0.0511. The third-order valence-electron chi connectivity index (χ3n) is 7.92. The Morgan fingerprint density at radius 3 is 2.37 bits per heavy atom. The fourth-order valence-electron chi connectivity index (χ4n) is 4.97. The first-order valence-corrected chi connectivity index (χ1v) is 14.1. The lowest BCUT2D eigenvalue weighted by atomic mass is 9.55. The normalized spacial score (nSPS) is 34.5. The highest BCUT2D eigenvalue weighted by Crippen LogP contribution is 2.53. The van der Waals surface area contributed by atoms with Gasteiger partial charge >= 0.3 is 0 Å². The van der Waals surface area contributed by atoms with Crippen molar-refractivity contribution in [3.05, 3.63) is 12.2 Å². The van der Waals surface area contributed by atoms with E-state index in [0.717, 1.165) is 32.1 Å². The summed E-state index contributed by atoms with van der Waals surface area (Å²) in [6.45, 7) is 14.5. The van der Waals surface area contributed by atoms with Gasteiger partial charge in [-0.05, 0) is 55.7 Å². The molecule has 1 saturated carbocycles. The van der Waals surface area contributed by atoms with Gasteiger partial charge in [-0.25, -0.2) is 0 Å². The van der Waals surface area contributed by atoms with Gasteiger partial charge in [0.05, 0.1) is 6.10 Å². The number of unbranched alkanes of at least 4 members (excludes halogenated alkanes) is 2. The average Bonchev–Trinajstić information content (AvgIpc) is 2.59. The maximum atomic E-state index is 10.4. The molecule has 0 aromatic heterocycles. The van der Waals surface area contributed by atoms with Crippen LogP contribution < -0.4 is 0 Å². The summed E-state index contributed by atoms with van der Waals surface area (Å²) in [5.41, 5.74) is -0.0475. The van der Waals surface area contributed by atoms with Crippen LogP contribution in [0.25, 0.3) is 0 Å². The third kappa shape index (κ3) is 5.06. The van der Waals surface area contributed by atoms with E-state index in [1.165, 1.54) is 12.8 Å². The van der Waals surface area contributed by atoms with Crippen LogP contribution in [0.5, 0.6) is 0 Å². The first kappa shape index (κ1) is 23.1. The van der Waals surface area contributed by atoms with Crippen molar-refractivity contribution in [2.75, 3.05) is 13.2 Å². The van der Waals surface area contributed by atoms with E-state index in [1.807, 2.05) is 0 Å². The van der Waals surface area contributed by atoms with Crippen LogP contribution in [0.15, 0.2) is 12.2 Å². The van der Waals surface area contributed by atoms with Gasteiger partial charge in [-0.3, -0.25) is 0 Å². The molecule has 0 radical (unpaired) electrons. The van der Waals surface area contributed by atoms with Gasteiger partial charge in [0, 0.05) is 24.5 Å². The zero-order chi connectivity index (χ0) is 20.3. The minimum absolute atomic E-state index is 0.0475. The lowest BCUT2D eigenvalue weighted by Crippen LogP contribution is -2.53. The quantitative estimate of drug-likeness (QED) is 0.322. The summed E-state index contributed by atoms with van der Waals surface area (Å²) < 4.78 is 6.88. The minimum atomic E-state index is -1.79. The largest absolute Gasteiger partial charge is 0.413 e. The first-order chi connectivity index (χ1) is 12.6. The molecule has 0 amide bonds. The van der Waals surface area contributed by atoms with E-state index < -0.39 is 8.32 Å². The van der Waals surface area contributed by atoms with Crippen LogP contribution in [0.4, 0.5) is 0 Å². The molecule has 0 aromatic carbocycles. The smallest absolute Gasteiger partial charge is 0.192 e. The number of hydrogen-bond acceptors (Lipinski definition) is 3. The number of aliphatic hydroxyl groups excluding tert-OH is 2. The summed E-state index contributed by atoms with van der Waals surface area (Å²) in [6, 6.07) is 0. The van der Waals surface area contributed by atoms with Crippen molar-refractivity contribution in [3.8, 4) is 0 Å². The van der Waals surface area contributed by atoms with Crippen LogP contribution >= 0.6 is 0 Å². The Hall–Kier alpha value is -0.163. The van der Waals surface area contributed by atoms with Crippen molar-refractivity contribution in [2.45, 2.75) is 96.9 Å². The molecule has 0 bridgehead atoms. The average molecular weight is 397 g/mol. The summed E-state index contributed by atoms with van der Waals surface area (Å²) >= 11 is 0. The third-order valence-corrected chi connectivity index (χ3v) is 12.4. The Kier molecular flexibility index (Phi) is 7.80. The molecule has 2 aliphatic rings. The summed E-state index contributed by atoms with van der Waals surface area (Å²) in [5.74, 6) is 1.40. The second kappa shape index (κ2) is 9.11. The number of rotatable bonds is 8. The van der Waals surface area contributed by atoms with Crippen LogP contribution in [0.3, 0.4) is 0 Å². The van der Waals surface area contributed by atoms with Crippen molar-refractivity contribution in [1.29, 1.82) is 0 Å². The van der Waals surface area contributed by atoms with Crippen LogP contribution in [-0.2, 0) is 4.43 Å². The minimum Gasteiger partial charge on any atom is -0.413 e. The molecule has 2 aliphatic carbocycles. The second-order valence-corrected chi connectivity index (χ2v) is 15.5. The van der Waals surface area contributed by atoms with E-state index in [9.17, 15) is 5.11 Å². The molecular weight excluding hydrogens is 352 g/mol. The Bertz CT molecular complexity index is 496. The second-order valence-electron chi connectivity index (χ2n) is 10.8. The van der Waals surface area contributed by atoms with Gasteiger partial charge in [0.1, 0.15) is 0 Å². The predicted octanol–water partition coefficient (Wildman–Crippen LogP) is 5.53. The van der Waals surface area contributed by atoms with Gasteiger partial charge in [0.2, 0.25) is 0 Å². The molecule has 0 saturated heterocycles. The molecule has 1 fully saturated rings. The van der Waals surface area contributed by atoms with Crippen molar-refractivity contribution in [2.24, 2.45) is 23.2 Å². The maximum absolute atomic E-state index is 10.4. The van der Waals surface area contributed by atoms with Gasteiger partial charge < -0.3 is 14.6 Å². The maximum Gasteiger partial charge on any atom is 0.192 e. The van der Waals surface area contributed by atoms with E-state index >= 15 is 0 Å². The molecular formula is C23H44O3Si. The van der Waals surface area contributed by atoms with Crippen molar-refractivity contribution < 1.29 is 14.6 Å². The first-order valence-electron chi connectivity index (χ1n) is 11.1. The fraction of sp³-hybridized carbons (Fsp3) is 0.913. The molecule has 158 valence electrons. The van der Waals surface area contributed by atoms with E-state index in [4.69, 9.17) is 9.53 Å². The molecule has 0 aromatic rings. The summed E-state index contributed by atoms with van der Waals surface area (Å²) in [5, 5.41) is 19.7. The monoisotopic (exact) mass is 396 g/mol. The number of allylic oxidation sites excluding steroid dienone is 1. The fourth-order valence-corrected chi connectivity index (χ4v) is 6.36. The van der Waals surface area contributed by atoms with Gasteiger partial charge in [-0.1, -0.05) is 59.1 Å². The molecule has 0 aliphatic heterocycles. The molecule has 27 heavy (non-hydrogen) atoms. The van der Waals surface area contributed by atoms with E-state index in [-0.39, 0.29) is 23.7 Å². The Morgan fingerprint density at radius 2 is 1.78 bits per heavy atom. The Labute approximate surface area is 168 Å². The Balaban J connectivity index is 2.16. The van der Waals surface area contributed by atoms with E-state index in [1.54, 1.807) is 0 Å². The van der Waals surface area contributed by atoms with Crippen LogP contribution in [0.1, 0.15) is 72.6 Å². The summed E-state index contributed by atoms with van der Waals surface area (Å²) in [7, 11) is -1.79. The molecule has 0 spiro atoms. The highest BCUT2D eigenvalue weighted by Gasteiger charge is 2.50. The zero-order valence-electron chi connectivity index (χ0n) is 18.6. The summed E-state index contributed by atoms with van der Waals surface area (Å²) in [6.07, 6.45) is 12.9. The molecule has 5 atom stereocenters. The van der Waals surface area contributed by atoms with E-state index in [2.05, 4.69) is 52.9 Å². The molecule has 2 rings (SSSR count). The number of aliphatic hydroxyl groups is 2. The van der Waals surface area contributed by atoms with Gasteiger partial charge in [-0.2, -0.15) is 0 Å². The molecule has 3 nitrogen and oxygen atoms in total.